The maximum Gasteiger partial charge on any atom is 0.334 e. The smallest absolute Gasteiger partial charge is 0.334 e. The number of allylic oxidation sites excluding steroid dienone is 2. The SMILES string of the molecule is CNC(=O)N/N=C/C1=C(O)C(OC)=CCC1. The Kier molecular flexibility index (Phi) is 4.38. The average Bonchev–Trinajstić information content (AvgIpc) is 2.31. The molecule has 0 aliphatic heterocycles. The van der Waals surface area contributed by atoms with E-state index in [1.54, 1.807) is 6.08 Å². The van der Waals surface area contributed by atoms with Gasteiger partial charge in [-0.15, -0.1) is 0 Å². The zero-order chi connectivity index (χ0) is 12.0. The van der Waals surface area contributed by atoms with Gasteiger partial charge in [-0.25, -0.2) is 10.2 Å². The number of hydrazone groups is 1. The van der Waals surface area contributed by atoms with Crippen LogP contribution in [0.5, 0.6) is 0 Å². The molecule has 0 spiro atoms. The molecule has 0 unspecified atom stereocenters. The number of aliphatic hydroxyl groups excluding tert-OH is 1. The van der Waals surface area contributed by atoms with Crippen molar-refractivity contribution in [3.05, 3.63) is 23.2 Å². The van der Waals surface area contributed by atoms with Gasteiger partial charge < -0.3 is 15.2 Å². The van der Waals surface area contributed by atoms with Gasteiger partial charge >= 0.3 is 6.03 Å². The summed E-state index contributed by atoms with van der Waals surface area (Å²) in [5.74, 6) is 0.504. The molecule has 3 N–H and O–H groups in total. The predicted octanol–water partition coefficient (Wildman–Crippen LogP) is 1.04. The van der Waals surface area contributed by atoms with Crippen LogP contribution >= 0.6 is 0 Å². The largest absolute Gasteiger partial charge is 0.504 e. The summed E-state index contributed by atoms with van der Waals surface area (Å²) in [6.07, 6.45) is 4.65. The molecule has 0 aromatic carbocycles. The summed E-state index contributed by atoms with van der Waals surface area (Å²) >= 11 is 0. The molecule has 0 aromatic rings. The molecule has 6 nitrogen and oxygen atoms in total. The van der Waals surface area contributed by atoms with Gasteiger partial charge in [0, 0.05) is 12.6 Å². The molecular weight excluding hydrogens is 210 g/mol. The number of amides is 2. The highest BCUT2D eigenvalue weighted by atomic mass is 16.5. The van der Waals surface area contributed by atoms with Gasteiger partial charge in [-0.3, -0.25) is 0 Å². The van der Waals surface area contributed by atoms with Gasteiger partial charge in [0.05, 0.1) is 13.3 Å². The lowest BCUT2D eigenvalue weighted by atomic mass is 10.0. The third-order valence-corrected chi connectivity index (χ3v) is 2.11. The second-order valence-electron chi connectivity index (χ2n) is 3.13. The van der Waals surface area contributed by atoms with E-state index in [9.17, 15) is 9.90 Å². The van der Waals surface area contributed by atoms with E-state index < -0.39 is 6.03 Å². The van der Waals surface area contributed by atoms with Crippen LogP contribution in [-0.4, -0.2) is 31.5 Å². The van der Waals surface area contributed by atoms with Crippen LogP contribution in [0, 0.1) is 0 Å². The number of ether oxygens (including phenoxy) is 1. The fourth-order valence-corrected chi connectivity index (χ4v) is 1.26. The molecule has 0 aromatic heterocycles. The Labute approximate surface area is 93.7 Å². The maximum absolute atomic E-state index is 10.8. The Morgan fingerprint density at radius 2 is 2.44 bits per heavy atom. The summed E-state index contributed by atoms with van der Waals surface area (Å²) in [6.45, 7) is 0. The molecule has 1 aliphatic carbocycles. The third kappa shape index (κ3) is 3.01. The number of rotatable bonds is 3. The number of nitrogens with zero attached hydrogens (tertiary/aromatic N) is 1. The number of carbonyl (C=O) groups excluding carboxylic acids is 1. The highest BCUT2D eigenvalue weighted by molar-refractivity contribution is 5.82. The fraction of sp³-hybridized carbons (Fsp3) is 0.400. The van der Waals surface area contributed by atoms with E-state index in [1.165, 1.54) is 20.4 Å². The molecule has 16 heavy (non-hydrogen) atoms. The van der Waals surface area contributed by atoms with E-state index in [2.05, 4.69) is 15.8 Å². The molecule has 6 heteroatoms. The van der Waals surface area contributed by atoms with Crippen molar-refractivity contribution in [2.24, 2.45) is 5.10 Å². The topological polar surface area (TPSA) is 83.0 Å². The monoisotopic (exact) mass is 225 g/mol. The first kappa shape index (κ1) is 12.1. The Balaban J connectivity index is 2.66. The highest BCUT2D eigenvalue weighted by Gasteiger charge is 2.14. The highest BCUT2D eigenvalue weighted by Crippen LogP contribution is 2.22. The molecule has 0 atom stereocenters. The molecule has 0 saturated heterocycles. The minimum Gasteiger partial charge on any atom is -0.504 e. The van der Waals surface area contributed by atoms with E-state index in [1.807, 2.05) is 0 Å². The van der Waals surface area contributed by atoms with E-state index >= 15 is 0 Å². The average molecular weight is 225 g/mol. The first-order valence-electron chi connectivity index (χ1n) is 4.86. The van der Waals surface area contributed by atoms with Crippen LogP contribution in [-0.2, 0) is 4.74 Å². The van der Waals surface area contributed by atoms with Gasteiger partial charge in [-0.1, -0.05) is 0 Å². The number of nitrogens with one attached hydrogen (secondary N) is 2. The molecule has 0 bridgehead atoms. The number of urea groups is 1. The third-order valence-electron chi connectivity index (χ3n) is 2.11. The Morgan fingerprint density at radius 3 is 3.06 bits per heavy atom. The van der Waals surface area contributed by atoms with Crippen molar-refractivity contribution in [3.63, 3.8) is 0 Å². The number of aliphatic hydroxyl groups is 1. The van der Waals surface area contributed by atoms with Crippen LogP contribution in [0.15, 0.2) is 28.3 Å². The number of hydrogen-bond donors (Lipinski definition) is 3. The molecule has 1 rings (SSSR count). The lowest BCUT2D eigenvalue weighted by Gasteiger charge is -2.13. The van der Waals surface area contributed by atoms with Crippen LogP contribution in [0.25, 0.3) is 0 Å². The lowest BCUT2D eigenvalue weighted by molar-refractivity contribution is 0.243. The van der Waals surface area contributed by atoms with E-state index in [0.29, 0.717) is 17.8 Å². The Morgan fingerprint density at radius 1 is 1.69 bits per heavy atom. The van der Waals surface area contributed by atoms with Crippen molar-refractivity contribution < 1.29 is 14.6 Å². The molecule has 0 heterocycles. The molecule has 2 amide bonds. The van der Waals surface area contributed by atoms with Crippen LogP contribution < -0.4 is 10.7 Å². The Bertz CT molecular complexity index is 358. The van der Waals surface area contributed by atoms with Gasteiger partial charge in [0.1, 0.15) is 0 Å². The molecule has 1 aliphatic rings. The zero-order valence-corrected chi connectivity index (χ0v) is 9.28. The summed E-state index contributed by atoms with van der Waals surface area (Å²) in [6, 6.07) is -0.408. The van der Waals surface area contributed by atoms with Crippen molar-refractivity contribution in [1.29, 1.82) is 0 Å². The summed E-state index contributed by atoms with van der Waals surface area (Å²) in [5.41, 5.74) is 2.88. The second-order valence-corrected chi connectivity index (χ2v) is 3.13. The first-order valence-corrected chi connectivity index (χ1v) is 4.86. The van der Waals surface area contributed by atoms with Gasteiger partial charge in [-0.05, 0) is 18.9 Å². The maximum atomic E-state index is 10.8. The molecule has 88 valence electrons. The fourth-order valence-electron chi connectivity index (χ4n) is 1.26. The van der Waals surface area contributed by atoms with Crippen molar-refractivity contribution >= 4 is 12.2 Å². The summed E-state index contributed by atoms with van der Waals surface area (Å²) in [4.78, 5) is 10.8. The van der Waals surface area contributed by atoms with Gasteiger partial charge in [0.2, 0.25) is 0 Å². The molecule has 0 fully saturated rings. The molecular formula is C10H15N3O3. The van der Waals surface area contributed by atoms with Gasteiger partial charge in [0.15, 0.2) is 11.5 Å². The minimum absolute atomic E-state index is 0.0659. The number of carbonyl (C=O) groups is 1. The number of methoxy groups -OCH3 is 1. The summed E-state index contributed by atoms with van der Waals surface area (Å²) < 4.78 is 4.97. The summed E-state index contributed by atoms with van der Waals surface area (Å²) in [5, 5.41) is 15.8. The van der Waals surface area contributed by atoms with Crippen LogP contribution in [0.4, 0.5) is 4.79 Å². The van der Waals surface area contributed by atoms with Crippen LogP contribution in [0.3, 0.4) is 0 Å². The standard InChI is InChI=1S/C10H15N3O3/c1-11-10(15)13-12-6-7-4-3-5-8(16-2)9(7)14/h5-6,14H,3-4H2,1-2H3,(H2,11,13,15)/b12-6+. The van der Waals surface area contributed by atoms with Gasteiger partial charge in [0.25, 0.3) is 0 Å². The summed E-state index contributed by atoms with van der Waals surface area (Å²) in [7, 11) is 2.99. The van der Waals surface area contributed by atoms with Crippen LogP contribution in [0.1, 0.15) is 12.8 Å². The molecule has 0 saturated carbocycles. The molecule has 0 radical (unpaired) electrons. The lowest BCUT2D eigenvalue weighted by Crippen LogP contribution is -2.28. The van der Waals surface area contributed by atoms with Gasteiger partial charge in [-0.2, -0.15) is 5.10 Å². The predicted molar refractivity (Wildman–Crippen MR) is 60.1 cm³/mol. The normalized spacial score (nSPS) is 16.0. The first-order chi connectivity index (χ1) is 7.69. The zero-order valence-electron chi connectivity index (χ0n) is 9.28. The van der Waals surface area contributed by atoms with Crippen molar-refractivity contribution in [2.45, 2.75) is 12.8 Å². The van der Waals surface area contributed by atoms with E-state index in [0.717, 1.165) is 6.42 Å². The quantitative estimate of drug-likeness (QED) is 0.495. The van der Waals surface area contributed by atoms with E-state index in [-0.39, 0.29) is 5.76 Å². The van der Waals surface area contributed by atoms with Crippen LogP contribution in [0.2, 0.25) is 0 Å². The minimum atomic E-state index is -0.408. The Hall–Kier alpha value is -1.98. The van der Waals surface area contributed by atoms with Crippen molar-refractivity contribution in [1.82, 2.24) is 10.7 Å². The van der Waals surface area contributed by atoms with E-state index in [4.69, 9.17) is 4.74 Å². The number of hydrogen-bond acceptors (Lipinski definition) is 4. The van der Waals surface area contributed by atoms with Crippen molar-refractivity contribution in [3.8, 4) is 0 Å². The van der Waals surface area contributed by atoms with Crippen molar-refractivity contribution in [2.75, 3.05) is 14.2 Å². The second kappa shape index (κ2) is 5.79.